The van der Waals surface area contributed by atoms with Crippen molar-refractivity contribution in [2.24, 2.45) is 5.73 Å². The number of urea groups is 1. The zero-order chi connectivity index (χ0) is 23.0. The average molecular weight is 429 g/mol. The van der Waals surface area contributed by atoms with E-state index in [1.165, 1.54) is 25.3 Å². The van der Waals surface area contributed by atoms with Crippen LogP contribution in [0.1, 0.15) is 21.5 Å². The molecule has 0 bridgehead atoms. The Labute approximate surface area is 178 Å². The molecule has 4 N–H and O–H groups in total. The lowest BCUT2D eigenvalue weighted by atomic mass is 10.1. The van der Waals surface area contributed by atoms with Gasteiger partial charge in [-0.15, -0.1) is 0 Å². The lowest BCUT2D eigenvalue weighted by molar-refractivity contribution is -0.123. The van der Waals surface area contributed by atoms with Crippen molar-refractivity contribution in [1.82, 2.24) is 5.32 Å². The summed E-state index contributed by atoms with van der Waals surface area (Å²) in [6.07, 6.45) is 0. The van der Waals surface area contributed by atoms with Crippen LogP contribution in [-0.4, -0.2) is 44.1 Å². The molecule has 0 fully saturated rings. The second kappa shape index (κ2) is 10.6. The van der Waals surface area contributed by atoms with E-state index in [0.717, 1.165) is 11.1 Å². The molecule has 10 nitrogen and oxygen atoms in total. The van der Waals surface area contributed by atoms with E-state index in [2.05, 4.69) is 10.6 Å². The van der Waals surface area contributed by atoms with E-state index >= 15 is 0 Å². The first-order chi connectivity index (χ1) is 14.7. The fourth-order valence-electron chi connectivity index (χ4n) is 2.55. The van der Waals surface area contributed by atoms with Crippen molar-refractivity contribution >= 4 is 29.5 Å². The van der Waals surface area contributed by atoms with Gasteiger partial charge in [0.25, 0.3) is 11.8 Å². The minimum atomic E-state index is -0.815. The highest BCUT2D eigenvalue weighted by atomic mass is 16.5. The van der Waals surface area contributed by atoms with E-state index in [1.807, 2.05) is 26.0 Å². The van der Waals surface area contributed by atoms with Crippen molar-refractivity contribution in [3.63, 3.8) is 0 Å². The van der Waals surface area contributed by atoms with Crippen LogP contribution in [0.15, 0.2) is 36.4 Å². The number of carbonyl (C=O) groups is 4. The largest absolute Gasteiger partial charge is 0.493 e. The summed E-state index contributed by atoms with van der Waals surface area (Å²) < 4.78 is 15.2. The zero-order valence-electron chi connectivity index (χ0n) is 17.3. The number of hydrogen-bond acceptors (Lipinski definition) is 7. The highest BCUT2D eigenvalue weighted by Gasteiger charge is 2.16. The Morgan fingerprint density at radius 1 is 0.968 bits per heavy atom. The van der Waals surface area contributed by atoms with Crippen LogP contribution in [0.25, 0.3) is 0 Å². The molecule has 0 atom stereocenters. The fraction of sp³-hybridized carbons (Fsp3) is 0.238. The van der Waals surface area contributed by atoms with E-state index in [9.17, 15) is 19.2 Å². The van der Waals surface area contributed by atoms with Gasteiger partial charge in [-0.25, -0.2) is 9.59 Å². The molecular weight excluding hydrogens is 406 g/mol. The van der Waals surface area contributed by atoms with Gasteiger partial charge in [-0.05, 0) is 43.7 Å². The van der Waals surface area contributed by atoms with Crippen LogP contribution in [0.3, 0.4) is 0 Å². The second-order valence-electron chi connectivity index (χ2n) is 6.52. The average Bonchev–Trinajstić information content (AvgIpc) is 2.72. The Balaban J connectivity index is 1.89. The van der Waals surface area contributed by atoms with Gasteiger partial charge in [0.15, 0.2) is 24.7 Å². The zero-order valence-corrected chi connectivity index (χ0v) is 17.3. The Kier molecular flexibility index (Phi) is 7.95. The van der Waals surface area contributed by atoms with Gasteiger partial charge in [0.2, 0.25) is 0 Å². The number of carbonyl (C=O) groups excluding carboxylic acids is 4. The molecule has 0 aliphatic heterocycles. The van der Waals surface area contributed by atoms with Crippen LogP contribution in [0, 0.1) is 13.8 Å². The van der Waals surface area contributed by atoms with Gasteiger partial charge in [-0.1, -0.05) is 17.7 Å². The molecule has 0 saturated carbocycles. The molecule has 0 aliphatic carbocycles. The van der Waals surface area contributed by atoms with Crippen molar-refractivity contribution in [1.29, 1.82) is 0 Å². The molecule has 2 aromatic rings. The Bertz CT molecular complexity index is 1000. The molecule has 0 unspecified atom stereocenters. The second-order valence-corrected chi connectivity index (χ2v) is 6.52. The number of esters is 1. The Morgan fingerprint density at radius 2 is 1.71 bits per heavy atom. The first-order valence-electron chi connectivity index (χ1n) is 9.14. The number of nitrogens with one attached hydrogen (secondary N) is 2. The van der Waals surface area contributed by atoms with Crippen molar-refractivity contribution in [2.75, 3.05) is 25.6 Å². The molecule has 10 heteroatoms. The topological polar surface area (TPSA) is 146 Å². The summed E-state index contributed by atoms with van der Waals surface area (Å²) in [5.41, 5.74) is 7.53. The maximum atomic E-state index is 12.2. The van der Waals surface area contributed by atoms with Gasteiger partial charge in [0.05, 0.1) is 12.7 Å². The normalized spacial score (nSPS) is 10.0. The smallest absolute Gasteiger partial charge is 0.338 e. The first-order valence-corrected chi connectivity index (χ1v) is 9.14. The molecule has 4 amide bonds. The highest BCUT2D eigenvalue weighted by Crippen LogP contribution is 2.28. The Hall–Kier alpha value is -4.08. The molecule has 0 aliphatic rings. The standard InChI is InChI=1S/C21H23N3O7/c1-12-4-6-15(13(2)8-12)23-21(28)24-19(26)11-31-20(27)14-5-7-16(17(9-14)29-3)30-10-18(22)25/h4-9H,10-11H2,1-3H3,(H2,22,25)(H2,23,24,26,28). The molecule has 0 saturated heterocycles. The predicted octanol–water partition coefficient (Wildman–Crippen LogP) is 1.68. The van der Waals surface area contributed by atoms with Crippen molar-refractivity contribution in [3.8, 4) is 11.5 Å². The third-order valence-corrected chi connectivity index (χ3v) is 3.99. The Morgan fingerprint density at radius 3 is 2.35 bits per heavy atom. The maximum Gasteiger partial charge on any atom is 0.338 e. The molecule has 0 aromatic heterocycles. The molecular formula is C21H23N3O7. The fourth-order valence-corrected chi connectivity index (χ4v) is 2.55. The van der Waals surface area contributed by atoms with Crippen molar-refractivity contribution in [3.05, 3.63) is 53.1 Å². The number of methoxy groups -OCH3 is 1. The summed E-state index contributed by atoms with van der Waals surface area (Å²) in [5, 5.41) is 4.64. The number of benzene rings is 2. The monoisotopic (exact) mass is 429 g/mol. The SMILES string of the molecule is COc1cc(C(=O)OCC(=O)NC(=O)Nc2ccc(C)cc2C)ccc1OCC(N)=O. The molecule has 0 radical (unpaired) electrons. The highest BCUT2D eigenvalue weighted by molar-refractivity contribution is 6.02. The van der Waals surface area contributed by atoms with Gasteiger partial charge in [0.1, 0.15) is 0 Å². The third-order valence-electron chi connectivity index (χ3n) is 3.99. The number of ether oxygens (including phenoxy) is 3. The molecule has 0 heterocycles. The lowest BCUT2D eigenvalue weighted by Gasteiger charge is -2.11. The molecule has 31 heavy (non-hydrogen) atoms. The molecule has 164 valence electrons. The third kappa shape index (κ3) is 7.03. The number of primary amides is 1. The minimum Gasteiger partial charge on any atom is -0.493 e. The van der Waals surface area contributed by atoms with Crippen LogP contribution in [0.5, 0.6) is 11.5 Å². The van der Waals surface area contributed by atoms with E-state index in [1.54, 1.807) is 6.07 Å². The van der Waals surface area contributed by atoms with Crippen LogP contribution < -0.4 is 25.8 Å². The van der Waals surface area contributed by atoms with Crippen LogP contribution in [-0.2, 0) is 14.3 Å². The number of amides is 4. The van der Waals surface area contributed by atoms with E-state index < -0.39 is 30.4 Å². The lowest BCUT2D eigenvalue weighted by Crippen LogP contribution is -2.37. The van der Waals surface area contributed by atoms with Gasteiger partial charge in [-0.2, -0.15) is 0 Å². The summed E-state index contributed by atoms with van der Waals surface area (Å²) in [6.45, 7) is 2.72. The van der Waals surface area contributed by atoms with Crippen molar-refractivity contribution in [2.45, 2.75) is 13.8 Å². The predicted molar refractivity (Wildman–Crippen MR) is 111 cm³/mol. The van der Waals surface area contributed by atoms with Crippen LogP contribution in [0.4, 0.5) is 10.5 Å². The van der Waals surface area contributed by atoms with Crippen molar-refractivity contribution < 1.29 is 33.4 Å². The summed E-state index contributed by atoms with van der Waals surface area (Å²) in [7, 11) is 1.35. The number of anilines is 1. The number of imide groups is 1. The number of hydrogen-bond donors (Lipinski definition) is 3. The number of nitrogens with two attached hydrogens (primary N) is 1. The quantitative estimate of drug-likeness (QED) is 0.541. The van der Waals surface area contributed by atoms with E-state index in [4.69, 9.17) is 19.9 Å². The van der Waals surface area contributed by atoms with Crippen LogP contribution >= 0.6 is 0 Å². The molecule has 2 aromatic carbocycles. The van der Waals surface area contributed by atoms with E-state index in [-0.39, 0.29) is 23.7 Å². The van der Waals surface area contributed by atoms with Gasteiger partial charge < -0.3 is 25.3 Å². The summed E-state index contributed by atoms with van der Waals surface area (Å²) in [6, 6.07) is 8.78. The summed E-state index contributed by atoms with van der Waals surface area (Å²) in [4.78, 5) is 46.9. The van der Waals surface area contributed by atoms with Gasteiger partial charge >= 0.3 is 12.0 Å². The minimum absolute atomic E-state index is 0.0795. The summed E-state index contributed by atoms with van der Waals surface area (Å²) in [5.74, 6) is -1.90. The molecule has 2 rings (SSSR count). The number of rotatable bonds is 8. The summed E-state index contributed by atoms with van der Waals surface area (Å²) >= 11 is 0. The maximum absolute atomic E-state index is 12.2. The van der Waals surface area contributed by atoms with E-state index in [0.29, 0.717) is 5.69 Å². The molecule has 0 spiro atoms. The van der Waals surface area contributed by atoms with Gasteiger partial charge in [-0.3, -0.25) is 14.9 Å². The first kappa shape index (κ1) is 23.2. The number of aryl methyl sites for hydroxylation is 2. The van der Waals surface area contributed by atoms with Crippen LogP contribution in [0.2, 0.25) is 0 Å². The van der Waals surface area contributed by atoms with Gasteiger partial charge in [0, 0.05) is 5.69 Å².